The Kier molecular flexibility index (Phi) is 6.86. The molecule has 0 radical (unpaired) electrons. The van der Waals surface area contributed by atoms with Crippen LogP contribution in [-0.4, -0.2) is 46.4 Å². The molecule has 2 heterocycles. The maximum Gasteiger partial charge on any atom is 0.322 e. The number of nitrogens with two attached hydrogens (primary N) is 1. The number of aromatic nitrogens is 2. The first kappa shape index (κ1) is 25.4. The van der Waals surface area contributed by atoms with Crippen molar-refractivity contribution >= 4 is 35.4 Å². The Labute approximate surface area is 213 Å². The summed E-state index contributed by atoms with van der Waals surface area (Å²) in [6.45, 7) is 7.20. The van der Waals surface area contributed by atoms with Gasteiger partial charge in [0.15, 0.2) is 0 Å². The van der Waals surface area contributed by atoms with Gasteiger partial charge in [0.25, 0.3) is 5.91 Å². The second kappa shape index (κ2) is 9.73. The van der Waals surface area contributed by atoms with E-state index in [-0.39, 0.29) is 28.6 Å². The first-order valence-electron chi connectivity index (χ1n) is 11.5. The zero-order valence-corrected chi connectivity index (χ0v) is 21.4. The van der Waals surface area contributed by atoms with Gasteiger partial charge >= 0.3 is 6.03 Å². The number of benzene rings is 2. The Morgan fingerprint density at radius 1 is 1.19 bits per heavy atom. The third-order valence-corrected chi connectivity index (χ3v) is 6.38. The summed E-state index contributed by atoms with van der Waals surface area (Å²) in [7, 11) is 1.72. The summed E-state index contributed by atoms with van der Waals surface area (Å²) >= 11 is 5.94. The van der Waals surface area contributed by atoms with Crippen molar-refractivity contribution in [1.82, 2.24) is 14.7 Å². The number of urea groups is 1. The zero-order valence-electron chi connectivity index (χ0n) is 20.6. The molecule has 0 saturated carbocycles. The Bertz CT molecular complexity index is 1380. The van der Waals surface area contributed by atoms with E-state index in [1.807, 2.05) is 18.2 Å². The van der Waals surface area contributed by atoms with Gasteiger partial charge in [0.2, 0.25) is 0 Å². The monoisotopic (exact) mass is 510 g/mol. The van der Waals surface area contributed by atoms with E-state index in [9.17, 15) is 14.0 Å². The van der Waals surface area contributed by atoms with Gasteiger partial charge in [-0.2, -0.15) is 5.10 Å². The van der Waals surface area contributed by atoms with Gasteiger partial charge in [-0.15, -0.1) is 0 Å². The highest BCUT2D eigenvalue weighted by Crippen LogP contribution is 2.31. The first-order valence-corrected chi connectivity index (χ1v) is 11.8. The van der Waals surface area contributed by atoms with E-state index in [0.717, 1.165) is 11.1 Å². The van der Waals surface area contributed by atoms with E-state index >= 15 is 0 Å². The molecule has 1 aliphatic heterocycles. The van der Waals surface area contributed by atoms with Crippen LogP contribution in [0.2, 0.25) is 5.02 Å². The van der Waals surface area contributed by atoms with Crippen LogP contribution in [0.4, 0.5) is 14.9 Å². The predicted octanol–water partition coefficient (Wildman–Crippen LogP) is 4.84. The van der Waals surface area contributed by atoms with E-state index in [0.29, 0.717) is 35.7 Å². The van der Waals surface area contributed by atoms with E-state index in [1.165, 1.54) is 18.2 Å². The quantitative estimate of drug-likeness (QED) is 0.491. The topological polar surface area (TPSA) is 106 Å². The highest BCUT2D eigenvalue weighted by atomic mass is 35.5. The molecule has 3 aromatic rings. The van der Waals surface area contributed by atoms with Gasteiger partial charge in [0, 0.05) is 31.1 Å². The molecule has 10 heteroatoms. The number of aliphatic imine (C=N–C) groups is 1. The van der Waals surface area contributed by atoms with Crippen molar-refractivity contribution < 1.29 is 14.0 Å². The Morgan fingerprint density at radius 3 is 2.58 bits per heavy atom. The second-order valence-corrected chi connectivity index (χ2v) is 10.1. The minimum atomic E-state index is -0.683. The Balaban J connectivity index is 1.61. The molecule has 0 saturated heterocycles. The van der Waals surface area contributed by atoms with Crippen LogP contribution in [0.25, 0.3) is 11.3 Å². The molecule has 0 fully saturated rings. The molecular weight excluding hydrogens is 483 g/mol. The smallest absolute Gasteiger partial charge is 0.322 e. The maximum absolute atomic E-state index is 13.7. The van der Waals surface area contributed by atoms with Crippen LogP contribution in [0, 0.1) is 5.82 Å². The fraction of sp³-hybridized carbons (Fsp3) is 0.308. The highest BCUT2D eigenvalue weighted by molar-refractivity contribution is 6.31. The molecule has 0 aliphatic carbocycles. The van der Waals surface area contributed by atoms with Gasteiger partial charge in [-0.25, -0.2) is 9.18 Å². The van der Waals surface area contributed by atoms with E-state index in [4.69, 9.17) is 17.3 Å². The molecule has 8 nitrogen and oxygen atoms in total. The van der Waals surface area contributed by atoms with Crippen molar-refractivity contribution in [2.75, 3.05) is 18.9 Å². The van der Waals surface area contributed by atoms with Crippen LogP contribution in [0.3, 0.4) is 0 Å². The lowest BCUT2D eigenvalue weighted by atomic mass is 9.83. The van der Waals surface area contributed by atoms with Crippen molar-refractivity contribution in [3.8, 4) is 11.3 Å². The number of anilines is 1. The number of amides is 3. The molecule has 0 unspecified atom stereocenters. The lowest BCUT2D eigenvalue weighted by Gasteiger charge is -2.29. The molecule has 0 bridgehead atoms. The highest BCUT2D eigenvalue weighted by Gasteiger charge is 2.30. The number of nitrogens with zero attached hydrogens (tertiary/aromatic N) is 4. The number of carbonyl (C=O) groups excluding carboxylic acids is 2. The lowest BCUT2D eigenvalue weighted by molar-refractivity contribution is 0.0997. The van der Waals surface area contributed by atoms with Gasteiger partial charge < -0.3 is 16.0 Å². The minimum Gasteiger partial charge on any atom is -0.365 e. The number of hydrogen-bond acceptors (Lipinski definition) is 4. The molecule has 3 amide bonds. The third kappa shape index (κ3) is 4.97. The fourth-order valence-corrected chi connectivity index (χ4v) is 4.51. The number of nitrogens with one attached hydrogen (secondary N) is 1. The van der Waals surface area contributed by atoms with Crippen molar-refractivity contribution in [2.24, 2.45) is 10.7 Å². The number of hydrogen-bond donors (Lipinski definition) is 2. The standard InChI is InChI=1S/C26H28ClFN6O2/c1-26(2,3)18-12-17(7-5-16(18)13-30-4)31-25(36)33-9-10-34-21(14-33)22(24(29)35)23(32-34)15-6-8-20(28)19(27)11-15/h5-8,11-13H,9-10,14H2,1-4H3,(H2,29,35)(H,31,36)/b30-13+. The van der Waals surface area contributed by atoms with Crippen LogP contribution in [0.15, 0.2) is 41.4 Å². The van der Waals surface area contributed by atoms with E-state index in [1.54, 1.807) is 22.8 Å². The SMILES string of the molecule is C/N=C/c1ccc(NC(=O)N2CCn3nc(-c4ccc(F)c(Cl)c4)c(C(N)=O)c3C2)cc1C(C)(C)C. The molecule has 0 atom stereocenters. The average molecular weight is 511 g/mol. The number of rotatable bonds is 4. The molecule has 3 N–H and O–H groups in total. The molecule has 188 valence electrons. The van der Waals surface area contributed by atoms with E-state index < -0.39 is 11.7 Å². The number of fused-ring (bicyclic) bond motifs is 1. The molecular formula is C26H28ClFN6O2. The van der Waals surface area contributed by atoms with Crippen molar-refractivity contribution in [1.29, 1.82) is 0 Å². The molecule has 1 aromatic heterocycles. The second-order valence-electron chi connectivity index (χ2n) is 9.68. The van der Waals surface area contributed by atoms with Crippen molar-refractivity contribution in [3.05, 3.63) is 69.6 Å². The molecule has 2 aromatic carbocycles. The van der Waals surface area contributed by atoms with Crippen LogP contribution < -0.4 is 11.1 Å². The largest absolute Gasteiger partial charge is 0.365 e. The molecule has 4 rings (SSSR count). The number of carbonyl (C=O) groups is 2. The molecule has 1 aliphatic rings. The summed E-state index contributed by atoms with van der Waals surface area (Å²) in [6.07, 6.45) is 1.80. The minimum absolute atomic E-state index is 0.0826. The zero-order chi connectivity index (χ0) is 26.2. The summed E-state index contributed by atoms with van der Waals surface area (Å²) in [4.78, 5) is 31.3. The van der Waals surface area contributed by atoms with Crippen LogP contribution in [0.5, 0.6) is 0 Å². The number of halogens is 2. The van der Waals surface area contributed by atoms with Crippen molar-refractivity contribution in [2.45, 2.75) is 39.3 Å². The summed E-state index contributed by atoms with van der Waals surface area (Å²) < 4.78 is 15.3. The van der Waals surface area contributed by atoms with Crippen LogP contribution in [0.1, 0.15) is 48.0 Å². The van der Waals surface area contributed by atoms with Gasteiger partial charge in [0.1, 0.15) is 11.5 Å². The van der Waals surface area contributed by atoms with Crippen LogP contribution in [-0.2, 0) is 18.5 Å². The number of primary amides is 1. The molecule has 36 heavy (non-hydrogen) atoms. The normalized spacial score (nSPS) is 13.7. The van der Waals surface area contributed by atoms with Gasteiger partial charge in [-0.05, 0) is 46.9 Å². The summed E-state index contributed by atoms with van der Waals surface area (Å²) in [5, 5.41) is 7.40. The average Bonchev–Trinajstić information content (AvgIpc) is 3.20. The summed E-state index contributed by atoms with van der Waals surface area (Å²) in [6, 6.07) is 9.52. The van der Waals surface area contributed by atoms with Gasteiger partial charge in [-0.3, -0.25) is 14.5 Å². The fourth-order valence-electron chi connectivity index (χ4n) is 4.33. The van der Waals surface area contributed by atoms with Crippen molar-refractivity contribution in [3.63, 3.8) is 0 Å². The lowest BCUT2D eigenvalue weighted by Crippen LogP contribution is -2.41. The van der Waals surface area contributed by atoms with E-state index in [2.05, 4.69) is 36.2 Å². The van der Waals surface area contributed by atoms with Gasteiger partial charge in [-0.1, -0.05) is 38.4 Å². The summed E-state index contributed by atoms with van der Waals surface area (Å²) in [5.74, 6) is -1.26. The Hall–Kier alpha value is -3.72. The summed E-state index contributed by atoms with van der Waals surface area (Å²) in [5.41, 5.74) is 9.75. The maximum atomic E-state index is 13.7. The van der Waals surface area contributed by atoms with Crippen LogP contribution >= 0.6 is 11.6 Å². The molecule has 0 spiro atoms. The Morgan fingerprint density at radius 2 is 1.94 bits per heavy atom. The first-order chi connectivity index (χ1) is 17.0. The predicted molar refractivity (Wildman–Crippen MR) is 139 cm³/mol. The van der Waals surface area contributed by atoms with Gasteiger partial charge in [0.05, 0.1) is 29.4 Å². The third-order valence-electron chi connectivity index (χ3n) is 6.09.